The van der Waals surface area contributed by atoms with Gasteiger partial charge in [-0.3, -0.25) is 0 Å². The van der Waals surface area contributed by atoms with Crippen molar-refractivity contribution in [3.63, 3.8) is 0 Å². The molecule has 0 aliphatic heterocycles. The number of carbonyl (C=O) groups excluding carboxylic acids is 1. The Bertz CT molecular complexity index is 1150. The monoisotopic (exact) mass is 692 g/mol. The van der Waals surface area contributed by atoms with Crippen LogP contribution >= 0.6 is 0 Å². The Morgan fingerprint density at radius 2 is 1.49 bits per heavy atom. The fourth-order valence-electron chi connectivity index (χ4n) is 7.14. The number of nitrogens with one attached hydrogen (secondary N) is 2. The molecule has 5 atom stereocenters. The molecule has 1 heterocycles. The summed E-state index contributed by atoms with van der Waals surface area (Å²) in [6.45, 7) is 29.1. The number of hydrogen-bond acceptors (Lipinski definition) is 8. The summed E-state index contributed by atoms with van der Waals surface area (Å²) in [6, 6.07) is 0.501. The third-order valence-corrected chi connectivity index (χ3v) is 10.9. The number of ether oxygens (including phenoxy) is 4. The fourth-order valence-corrected chi connectivity index (χ4v) is 7.14. The van der Waals surface area contributed by atoms with Crippen molar-refractivity contribution in [1.82, 2.24) is 25.6 Å². The van der Waals surface area contributed by atoms with Gasteiger partial charge in [-0.25, -0.2) is 9.48 Å². The van der Waals surface area contributed by atoms with Crippen molar-refractivity contribution < 1.29 is 23.7 Å². The van der Waals surface area contributed by atoms with Crippen molar-refractivity contribution in [3.05, 3.63) is 11.4 Å². The summed E-state index contributed by atoms with van der Waals surface area (Å²) in [4.78, 5) is 12.6. The van der Waals surface area contributed by atoms with Crippen molar-refractivity contribution in [3.8, 4) is 0 Å². The summed E-state index contributed by atoms with van der Waals surface area (Å²) in [5.74, 6) is 1.62. The van der Waals surface area contributed by atoms with Crippen LogP contribution in [0, 0.1) is 17.8 Å². The zero-order valence-corrected chi connectivity index (χ0v) is 33.4. The lowest BCUT2D eigenvalue weighted by Crippen LogP contribution is -2.45. The Morgan fingerprint density at radius 1 is 0.857 bits per heavy atom. The van der Waals surface area contributed by atoms with Crippen LogP contribution in [0.2, 0.25) is 0 Å². The normalized spacial score (nSPS) is 21.3. The molecule has 10 heteroatoms. The minimum atomic E-state index is -0.342. The lowest BCUT2D eigenvalue weighted by Gasteiger charge is -2.32. The topological polar surface area (TPSA) is 109 Å². The number of alkyl carbamates (subject to hydrolysis) is 1. The summed E-state index contributed by atoms with van der Waals surface area (Å²) >= 11 is 0. The van der Waals surface area contributed by atoms with Gasteiger partial charge >= 0.3 is 6.09 Å². The van der Waals surface area contributed by atoms with Crippen LogP contribution in [0.25, 0.3) is 0 Å². The molecule has 2 aliphatic carbocycles. The lowest BCUT2D eigenvalue weighted by molar-refractivity contribution is -0.0981. The Kier molecular flexibility index (Phi) is 15.4. The van der Waals surface area contributed by atoms with Crippen LogP contribution in [0.4, 0.5) is 4.79 Å². The van der Waals surface area contributed by atoms with Gasteiger partial charge in [0.1, 0.15) is 0 Å². The highest BCUT2D eigenvalue weighted by Gasteiger charge is 2.50. The molecule has 49 heavy (non-hydrogen) atoms. The molecule has 10 nitrogen and oxygen atoms in total. The molecule has 5 unspecified atom stereocenters. The van der Waals surface area contributed by atoms with Crippen molar-refractivity contribution in [2.75, 3.05) is 26.4 Å². The average molecular weight is 692 g/mol. The molecule has 1 amide bonds. The second-order valence-electron chi connectivity index (χ2n) is 17.5. The first-order chi connectivity index (χ1) is 22.9. The molecule has 284 valence electrons. The summed E-state index contributed by atoms with van der Waals surface area (Å²) in [5.41, 5.74) is 1.66. The van der Waals surface area contributed by atoms with Crippen LogP contribution in [0.15, 0.2) is 0 Å². The highest BCUT2D eigenvalue weighted by molar-refractivity contribution is 5.67. The molecule has 0 saturated heterocycles. The van der Waals surface area contributed by atoms with Crippen LogP contribution in [-0.2, 0) is 38.3 Å². The third-order valence-electron chi connectivity index (χ3n) is 10.9. The predicted octanol–water partition coefficient (Wildman–Crippen LogP) is 7.66. The van der Waals surface area contributed by atoms with Gasteiger partial charge in [0.25, 0.3) is 0 Å². The first-order valence-electron chi connectivity index (χ1n) is 19.4. The summed E-state index contributed by atoms with van der Waals surface area (Å²) < 4.78 is 26.5. The third kappa shape index (κ3) is 14.4. The molecular weight excluding hydrogens is 618 g/mol. The van der Waals surface area contributed by atoms with Crippen LogP contribution < -0.4 is 10.6 Å². The van der Waals surface area contributed by atoms with Gasteiger partial charge < -0.3 is 29.6 Å². The molecule has 1 fully saturated rings. The largest absolute Gasteiger partial charge is 0.449 e. The van der Waals surface area contributed by atoms with Gasteiger partial charge in [-0.05, 0) is 151 Å². The molecule has 0 bridgehead atoms. The number of hydrogen-bond donors (Lipinski definition) is 2. The highest BCUT2D eigenvalue weighted by atomic mass is 16.5. The average Bonchev–Trinajstić information content (AvgIpc) is 3.50. The minimum absolute atomic E-state index is 0.0495. The zero-order valence-electron chi connectivity index (χ0n) is 33.4. The van der Waals surface area contributed by atoms with Gasteiger partial charge in [0.15, 0.2) is 0 Å². The lowest BCUT2D eigenvalue weighted by atomic mass is 9.98. The van der Waals surface area contributed by atoms with E-state index in [1.807, 2.05) is 0 Å². The van der Waals surface area contributed by atoms with Gasteiger partial charge in [0.2, 0.25) is 0 Å². The Hall–Kier alpha value is -1.75. The van der Waals surface area contributed by atoms with Crippen molar-refractivity contribution in [2.45, 2.75) is 188 Å². The van der Waals surface area contributed by atoms with E-state index in [1.54, 1.807) is 0 Å². The van der Waals surface area contributed by atoms with Gasteiger partial charge in [0.05, 0.1) is 47.5 Å². The molecule has 1 aromatic heterocycles. The van der Waals surface area contributed by atoms with E-state index in [0.717, 1.165) is 76.6 Å². The summed E-state index contributed by atoms with van der Waals surface area (Å²) in [6.07, 6.45) is 9.47. The van der Waals surface area contributed by atoms with Crippen LogP contribution in [0.5, 0.6) is 0 Å². The molecule has 3 rings (SSSR count). The molecular formula is C39H73N5O5. The maximum absolute atomic E-state index is 12.6. The molecule has 2 N–H and O–H groups in total. The molecule has 0 aromatic carbocycles. The van der Waals surface area contributed by atoms with Gasteiger partial charge in [0, 0.05) is 31.3 Å². The number of nitrogens with zero attached hydrogens (tertiary/aromatic N) is 3. The van der Waals surface area contributed by atoms with E-state index in [1.165, 1.54) is 5.69 Å². The Labute approximate surface area is 298 Å². The van der Waals surface area contributed by atoms with E-state index in [4.69, 9.17) is 18.9 Å². The first-order valence-corrected chi connectivity index (χ1v) is 19.4. The summed E-state index contributed by atoms with van der Waals surface area (Å²) in [5, 5.41) is 15.8. The number of fused-ring (bicyclic) bond motifs is 2. The van der Waals surface area contributed by atoms with E-state index in [-0.39, 0.29) is 34.5 Å². The quantitative estimate of drug-likeness (QED) is 0.128. The van der Waals surface area contributed by atoms with E-state index in [0.29, 0.717) is 50.0 Å². The van der Waals surface area contributed by atoms with Crippen molar-refractivity contribution in [1.29, 1.82) is 0 Å². The van der Waals surface area contributed by atoms with Gasteiger partial charge in [-0.15, -0.1) is 5.10 Å². The van der Waals surface area contributed by atoms with Gasteiger partial charge in [-0.1, -0.05) is 19.1 Å². The molecule has 1 saturated carbocycles. The smallest absolute Gasteiger partial charge is 0.407 e. The van der Waals surface area contributed by atoms with Crippen LogP contribution in [0.3, 0.4) is 0 Å². The minimum Gasteiger partial charge on any atom is -0.449 e. The maximum atomic E-state index is 12.6. The predicted molar refractivity (Wildman–Crippen MR) is 197 cm³/mol. The van der Waals surface area contributed by atoms with E-state index in [9.17, 15) is 4.79 Å². The Morgan fingerprint density at radius 3 is 2.14 bits per heavy atom. The molecule has 0 spiro atoms. The van der Waals surface area contributed by atoms with E-state index in [2.05, 4.69) is 109 Å². The fraction of sp³-hybridized carbons (Fsp3) is 0.923. The molecule has 2 aliphatic rings. The van der Waals surface area contributed by atoms with Crippen LogP contribution in [0.1, 0.15) is 146 Å². The highest BCUT2D eigenvalue weighted by Crippen LogP contribution is 2.53. The number of aromatic nitrogens is 3. The zero-order chi connectivity index (χ0) is 36.5. The second kappa shape index (κ2) is 18.1. The molecule has 1 aromatic rings. The SMILES string of the molecule is CCC(C)NC(C)(C)CCOC(C)(C)CCn1nnc2c1CCC1C(CC2)C1COC(=O)NCCC(C)(C)OCCC(C)(C)OC(C)CC. The van der Waals surface area contributed by atoms with E-state index >= 15 is 0 Å². The van der Waals surface area contributed by atoms with Crippen molar-refractivity contribution in [2.24, 2.45) is 17.8 Å². The summed E-state index contributed by atoms with van der Waals surface area (Å²) in [7, 11) is 0. The number of rotatable bonds is 22. The van der Waals surface area contributed by atoms with Gasteiger partial charge in [-0.2, -0.15) is 0 Å². The maximum Gasteiger partial charge on any atom is 0.407 e. The van der Waals surface area contributed by atoms with Crippen molar-refractivity contribution >= 4 is 6.09 Å². The number of aryl methyl sites for hydroxylation is 2. The number of amides is 1. The van der Waals surface area contributed by atoms with Crippen LogP contribution in [-0.4, -0.2) is 81.9 Å². The second-order valence-corrected chi connectivity index (χ2v) is 17.5. The molecule has 0 radical (unpaired) electrons. The van der Waals surface area contributed by atoms with E-state index < -0.39 is 0 Å². The Balaban J connectivity index is 1.34. The first kappa shape index (κ1) is 41.7. The number of carbonyl (C=O) groups is 1. The standard InChI is InChI=1S/C39H73N5O5/c1-13-28(3)41-36(5,6)21-25-47-38(9,10)20-24-44-34-18-16-31-30(15-17-33(34)42-43-44)32(31)27-46-35(45)40-23-19-37(7,8)48-26-22-39(11,12)49-29(4)14-2/h28-32,41H,13-27H2,1-12H3,(H,40,45).